The molecule has 1 aromatic rings. The zero-order valence-electron chi connectivity index (χ0n) is 10.7. The van der Waals surface area contributed by atoms with Crippen molar-refractivity contribution in [2.24, 2.45) is 0 Å². The summed E-state index contributed by atoms with van der Waals surface area (Å²) >= 11 is 5.75. The number of carboxylic acids is 1. The summed E-state index contributed by atoms with van der Waals surface area (Å²) in [6.45, 7) is 2.00. The third kappa shape index (κ3) is 3.61. The van der Waals surface area contributed by atoms with Gasteiger partial charge in [0.2, 0.25) is 0 Å². The minimum atomic E-state index is -1.14. The molecule has 0 radical (unpaired) electrons. The van der Waals surface area contributed by atoms with E-state index in [-0.39, 0.29) is 23.1 Å². The first-order chi connectivity index (χ1) is 9.58. The Bertz CT molecular complexity index is 513. The minimum absolute atomic E-state index is 0.0528. The van der Waals surface area contributed by atoms with Crippen LogP contribution in [0.3, 0.4) is 0 Å². The molecule has 1 N–H and O–H groups in total. The molecule has 1 fully saturated rings. The van der Waals surface area contributed by atoms with E-state index in [1.807, 2.05) is 0 Å². The van der Waals surface area contributed by atoms with Gasteiger partial charge in [-0.2, -0.15) is 0 Å². The van der Waals surface area contributed by atoms with Gasteiger partial charge >= 0.3 is 5.97 Å². The zero-order chi connectivity index (χ0) is 14.5. The molecule has 1 heterocycles. The predicted octanol–water partition coefficient (Wildman–Crippen LogP) is 1.28. The van der Waals surface area contributed by atoms with Crippen molar-refractivity contribution >= 4 is 23.5 Å². The van der Waals surface area contributed by atoms with Crippen molar-refractivity contribution in [2.45, 2.75) is 0 Å². The molecule has 20 heavy (non-hydrogen) atoms. The highest BCUT2D eigenvalue weighted by molar-refractivity contribution is 6.33. The number of ether oxygens (including phenoxy) is 2. The predicted molar refractivity (Wildman–Crippen MR) is 71.3 cm³/mol. The first kappa shape index (κ1) is 14.6. The topological polar surface area (TPSA) is 76.1 Å². The lowest BCUT2D eigenvalue weighted by molar-refractivity contribution is -0.137. The lowest BCUT2D eigenvalue weighted by Gasteiger charge is -2.26. The fraction of sp³-hybridized carbons (Fsp3) is 0.385. The summed E-state index contributed by atoms with van der Waals surface area (Å²) < 4.78 is 10.5. The molecule has 0 bridgehead atoms. The van der Waals surface area contributed by atoms with Crippen LogP contribution in [0.5, 0.6) is 5.75 Å². The van der Waals surface area contributed by atoms with Gasteiger partial charge in [-0.15, -0.1) is 0 Å². The third-order valence-corrected chi connectivity index (χ3v) is 3.22. The van der Waals surface area contributed by atoms with Crippen LogP contribution < -0.4 is 4.74 Å². The Kier molecular flexibility index (Phi) is 4.81. The smallest absolute Gasteiger partial charge is 0.337 e. The maximum atomic E-state index is 11.9. The van der Waals surface area contributed by atoms with Crippen LogP contribution in [0.4, 0.5) is 0 Å². The van der Waals surface area contributed by atoms with Crippen molar-refractivity contribution < 1.29 is 24.2 Å². The Morgan fingerprint density at radius 3 is 2.70 bits per heavy atom. The molecule has 1 aliphatic heterocycles. The lowest BCUT2D eigenvalue weighted by Crippen LogP contribution is -2.42. The minimum Gasteiger partial charge on any atom is -0.484 e. The number of halogens is 1. The highest BCUT2D eigenvalue weighted by Crippen LogP contribution is 2.22. The van der Waals surface area contributed by atoms with Crippen molar-refractivity contribution in [3.8, 4) is 5.75 Å². The molecular formula is C13H14ClNO5. The third-order valence-electron chi connectivity index (χ3n) is 2.89. The second-order valence-corrected chi connectivity index (χ2v) is 4.64. The molecule has 0 aromatic heterocycles. The number of hydrogen-bond donors (Lipinski definition) is 1. The summed E-state index contributed by atoms with van der Waals surface area (Å²) in [5, 5.41) is 9.07. The summed E-state index contributed by atoms with van der Waals surface area (Å²) in [5.74, 6) is -0.992. The maximum absolute atomic E-state index is 11.9. The molecule has 6 nitrogen and oxygen atoms in total. The first-order valence-corrected chi connectivity index (χ1v) is 6.47. The maximum Gasteiger partial charge on any atom is 0.337 e. The van der Waals surface area contributed by atoms with Crippen LogP contribution in [0.1, 0.15) is 10.4 Å². The largest absolute Gasteiger partial charge is 0.484 e. The highest BCUT2D eigenvalue weighted by atomic mass is 35.5. The number of aromatic carboxylic acids is 1. The van der Waals surface area contributed by atoms with Crippen molar-refractivity contribution in [3.63, 3.8) is 0 Å². The van der Waals surface area contributed by atoms with E-state index in [1.54, 1.807) is 4.90 Å². The van der Waals surface area contributed by atoms with E-state index in [0.717, 1.165) is 0 Å². The quantitative estimate of drug-likeness (QED) is 0.906. The van der Waals surface area contributed by atoms with Gasteiger partial charge < -0.3 is 19.5 Å². The van der Waals surface area contributed by atoms with E-state index in [4.69, 9.17) is 26.2 Å². The van der Waals surface area contributed by atoms with Crippen LogP contribution in [0, 0.1) is 0 Å². The van der Waals surface area contributed by atoms with Gasteiger partial charge in [0.15, 0.2) is 6.61 Å². The number of morpholine rings is 1. The number of amides is 1. The fourth-order valence-corrected chi connectivity index (χ4v) is 2.01. The molecule has 1 amide bonds. The van der Waals surface area contributed by atoms with Crippen molar-refractivity contribution in [1.29, 1.82) is 0 Å². The van der Waals surface area contributed by atoms with Gasteiger partial charge in [-0.1, -0.05) is 11.6 Å². The Morgan fingerprint density at radius 1 is 1.35 bits per heavy atom. The van der Waals surface area contributed by atoms with Gasteiger partial charge in [0.05, 0.1) is 23.8 Å². The van der Waals surface area contributed by atoms with Crippen LogP contribution in [-0.2, 0) is 9.53 Å². The fourth-order valence-electron chi connectivity index (χ4n) is 1.81. The van der Waals surface area contributed by atoms with Crippen LogP contribution >= 0.6 is 11.6 Å². The average molecular weight is 300 g/mol. The van der Waals surface area contributed by atoms with E-state index < -0.39 is 5.97 Å². The molecule has 1 aromatic carbocycles. The summed E-state index contributed by atoms with van der Waals surface area (Å²) in [6, 6.07) is 4.26. The van der Waals surface area contributed by atoms with E-state index in [1.165, 1.54) is 18.2 Å². The SMILES string of the molecule is O=C(O)c1cc(OCC(=O)N2CCOCC2)ccc1Cl. The number of carbonyl (C=O) groups excluding carboxylic acids is 1. The van der Waals surface area contributed by atoms with Gasteiger partial charge in [-0.3, -0.25) is 4.79 Å². The summed E-state index contributed by atoms with van der Waals surface area (Å²) in [4.78, 5) is 24.4. The van der Waals surface area contributed by atoms with Crippen molar-refractivity contribution in [2.75, 3.05) is 32.9 Å². The number of carbonyl (C=O) groups is 2. The van der Waals surface area contributed by atoms with Gasteiger partial charge in [0.25, 0.3) is 5.91 Å². The second kappa shape index (κ2) is 6.58. The van der Waals surface area contributed by atoms with E-state index in [0.29, 0.717) is 32.1 Å². The number of rotatable bonds is 4. The average Bonchev–Trinajstić information content (AvgIpc) is 2.46. The Balaban J connectivity index is 1.95. The van der Waals surface area contributed by atoms with Crippen LogP contribution in [0.15, 0.2) is 18.2 Å². The van der Waals surface area contributed by atoms with Crippen LogP contribution in [0.2, 0.25) is 5.02 Å². The normalized spacial score (nSPS) is 14.9. The molecule has 7 heteroatoms. The molecule has 1 saturated heterocycles. The lowest BCUT2D eigenvalue weighted by atomic mass is 10.2. The van der Waals surface area contributed by atoms with Crippen LogP contribution in [-0.4, -0.2) is 54.8 Å². The van der Waals surface area contributed by atoms with E-state index in [9.17, 15) is 9.59 Å². The molecule has 0 unspecified atom stereocenters. The van der Waals surface area contributed by atoms with Gasteiger partial charge in [0.1, 0.15) is 5.75 Å². The number of hydrogen-bond acceptors (Lipinski definition) is 4. The molecule has 2 rings (SSSR count). The Morgan fingerprint density at radius 2 is 2.05 bits per heavy atom. The molecule has 108 valence electrons. The Hall–Kier alpha value is -1.79. The molecule has 0 spiro atoms. The van der Waals surface area contributed by atoms with Crippen LogP contribution in [0.25, 0.3) is 0 Å². The first-order valence-electron chi connectivity index (χ1n) is 6.09. The summed E-state index contributed by atoms with van der Waals surface area (Å²) in [6.07, 6.45) is 0. The highest BCUT2D eigenvalue weighted by Gasteiger charge is 2.17. The Labute approximate surface area is 120 Å². The number of nitrogens with zero attached hydrogens (tertiary/aromatic N) is 1. The molecule has 0 saturated carbocycles. The molecule has 0 atom stereocenters. The van der Waals surface area contributed by atoms with E-state index >= 15 is 0 Å². The molecular weight excluding hydrogens is 286 g/mol. The number of carboxylic acid groups (broad SMARTS) is 1. The van der Waals surface area contributed by atoms with Crippen molar-refractivity contribution in [3.05, 3.63) is 28.8 Å². The van der Waals surface area contributed by atoms with Gasteiger partial charge in [-0.25, -0.2) is 4.79 Å². The molecule has 1 aliphatic rings. The summed E-state index contributed by atoms with van der Waals surface area (Å²) in [5.41, 5.74) is -0.0528. The second-order valence-electron chi connectivity index (χ2n) is 4.23. The van der Waals surface area contributed by atoms with E-state index in [2.05, 4.69) is 0 Å². The monoisotopic (exact) mass is 299 g/mol. The summed E-state index contributed by atoms with van der Waals surface area (Å²) in [7, 11) is 0. The van der Waals surface area contributed by atoms with Gasteiger partial charge in [0, 0.05) is 13.1 Å². The molecule has 0 aliphatic carbocycles. The van der Waals surface area contributed by atoms with Gasteiger partial charge in [-0.05, 0) is 18.2 Å². The van der Waals surface area contributed by atoms with Crippen molar-refractivity contribution in [1.82, 2.24) is 4.90 Å². The standard InChI is InChI=1S/C13H14ClNO5/c14-11-2-1-9(7-10(11)13(17)18)20-8-12(16)15-3-5-19-6-4-15/h1-2,7H,3-6,8H2,(H,17,18). The zero-order valence-corrected chi connectivity index (χ0v) is 11.4. The number of benzene rings is 1.